The van der Waals surface area contributed by atoms with Gasteiger partial charge in [0.2, 0.25) is 5.91 Å². The topological polar surface area (TPSA) is 92.5 Å². The minimum atomic E-state index is -1.00. The van der Waals surface area contributed by atoms with Gasteiger partial charge in [-0.05, 0) is 61.0 Å². The van der Waals surface area contributed by atoms with Crippen molar-refractivity contribution in [3.05, 3.63) is 92.1 Å². The van der Waals surface area contributed by atoms with Gasteiger partial charge in [-0.1, -0.05) is 48.0 Å². The van der Waals surface area contributed by atoms with Crippen molar-refractivity contribution in [2.24, 2.45) is 11.7 Å². The van der Waals surface area contributed by atoms with Gasteiger partial charge in [-0.2, -0.15) is 0 Å². The average molecular weight is 510 g/mol. The summed E-state index contributed by atoms with van der Waals surface area (Å²) in [6.07, 6.45) is 0. The Morgan fingerprint density at radius 3 is 2.29 bits per heavy atom. The fraction of sp³-hybridized carbons (Fsp3) is 0.296. The summed E-state index contributed by atoms with van der Waals surface area (Å²) in [4.78, 5) is 43.1. The number of primary amides is 1. The fourth-order valence-corrected chi connectivity index (χ4v) is 6.35. The van der Waals surface area contributed by atoms with Crippen LogP contribution in [0.25, 0.3) is 0 Å². The lowest BCUT2D eigenvalue weighted by Gasteiger charge is -2.30. The summed E-state index contributed by atoms with van der Waals surface area (Å²) in [5.41, 5.74) is 9.05. The minimum Gasteiger partial charge on any atom is -0.368 e. The average Bonchev–Trinajstić information content (AvgIpc) is 3.40. The molecule has 0 saturated carbocycles. The van der Waals surface area contributed by atoms with Crippen LogP contribution in [0.15, 0.2) is 60.0 Å². The Bertz CT molecular complexity index is 1260. The number of ketones is 1. The molecule has 182 valence electrons. The fourth-order valence-electron chi connectivity index (χ4n) is 5.12. The van der Waals surface area contributed by atoms with Crippen molar-refractivity contribution in [1.29, 1.82) is 0 Å². The molecule has 3 aromatic rings. The van der Waals surface area contributed by atoms with Crippen molar-refractivity contribution in [2.45, 2.75) is 38.8 Å². The standard InChI is InChI=1S/C27H28ClN3O3S/c1-4-30-27(34)31-22(17-9-11-18(28)12-10-17)20(24(32)19-8-6-5-7-15(19)2)21(23(31)26(29)33)25-16(3)13-14-35-25/h5-14,20-23H,4H2,1-3H3,(H2,29,33)(H,30,34). The number of nitrogens with two attached hydrogens (primary N) is 1. The van der Waals surface area contributed by atoms with E-state index in [1.54, 1.807) is 37.3 Å². The van der Waals surface area contributed by atoms with Gasteiger partial charge < -0.3 is 16.0 Å². The van der Waals surface area contributed by atoms with Gasteiger partial charge >= 0.3 is 6.03 Å². The summed E-state index contributed by atoms with van der Waals surface area (Å²) in [5.74, 6) is -2.09. The van der Waals surface area contributed by atoms with Gasteiger partial charge in [0, 0.05) is 27.9 Å². The number of urea groups is 1. The lowest BCUT2D eigenvalue weighted by atomic mass is 9.77. The van der Waals surface area contributed by atoms with Crippen molar-refractivity contribution in [2.75, 3.05) is 6.54 Å². The molecular formula is C27H28ClN3O3S. The number of benzene rings is 2. The maximum Gasteiger partial charge on any atom is 0.318 e. The van der Waals surface area contributed by atoms with E-state index in [2.05, 4.69) is 5.32 Å². The Morgan fingerprint density at radius 2 is 1.71 bits per heavy atom. The Morgan fingerprint density at radius 1 is 1.03 bits per heavy atom. The second-order valence-electron chi connectivity index (χ2n) is 8.78. The number of carbonyl (C=O) groups is 3. The number of amides is 3. The molecule has 35 heavy (non-hydrogen) atoms. The van der Waals surface area contributed by atoms with Crippen LogP contribution in [0.5, 0.6) is 0 Å². The van der Waals surface area contributed by atoms with Crippen LogP contribution in [0.4, 0.5) is 4.79 Å². The van der Waals surface area contributed by atoms with Gasteiger partial charge in [0.15, 0.2) is 5.78 Å². The number of likely N-dealkylation sites (tertiary alicyclic amines) is 1. The molecule has 0 spiro atoms. The molecule has 0 bridgehead atoms. The van der Waals surface area contributed by atoms with Crippen LogP contribution in [0.3, 0.4) is 0 Å². The van der Waals surface area contributed by atoms with Gasteiger partial charge in [0.1, 0.15) is 6.04 Å². The van der Waals surface area contributed by atoms with E-state index in [1.165, 1.54) is 16.2 Å². The van der Waals surface area contributed by atoms with Gasteiger partial charge in [-0.25, -0.2) is 4.79 Å². The highest BCUT2D eigenvalue weighted by atomic mass is 35.5. The molecule has 4 atom stereocenters. The van der Waals surface area contributed by atoms with Gasteiger partial charge in [0.25, 0.3) is 0 Å². The summed E-state index contributed by atoms with van der Waals surface area (Å²) in [6.45, 7) is 6.01. The van der Waals surface area contributed by atoms with Crippen LogP contribution in [0, 0.1) is 19.8 Å². The first-order valence-corrected chi connectivity index (χ1v) is 12.8. The number of nitrogens with zero attached hydrogens (tertiary/aromatic N) is 1. The monoisotopic (exact) mass is 509 g/mol. The largest absolute Gasteiger partial charge is 0.368 e. The summed E-state index contributed by atoms with van der Waals surface area (Å²) in [6, 6.07) is 14.3. The Kier molecular flexibility index (Phi) is 7.28. The van der Waals surface area contributed by atoms with E-state index in [-0.39, 0.29) is 5.78 Å². The van der Waals surface area contributed by atoms with E-state index in [4.69, 9.17) is 17.3 Å². The van der Waals surface area contributed by atoms with Crippen molar-refractivity contribution in [3.63, 3.8) is 0 Å². The number of carbonyl (C=O) groups excluding carboxylic acids is 3. The van der Waals surface area contributed by atoms with E-state index in [0.717, 1.165) is 21.6 Å². The SMILES string of the molecule is CCNC(=O)N1C(C(N)=O)C(c2sccc2C)C(C(=O)c2ccccc2C)C1c1ccc(Cl)cc1. The lowest BCUT2D eigenvalue weighted by molar-refractivity contribution is -0.122. The molecule has 8 heteroatoms. The molecular weight excluding hydrogens is 482 g/mol. The van der Waals surface area contributed by atoms with Crippen molar-refractivity contribution in [3.8, 4) is 0 Å². The Hall–Kier alpha value is -3.16. The smallest absolute Gasteiger partial charge is 0.318 e. The predicted octanol–water partition coefficient (Wildman–Crippen LogP) is 5.24. The molecule has 1 aliphatic rings. The molecule has 1 saturated heterocycles. The van der Waals surface area contributed by atoms with Crippen molar-refractivity contribution >= 4 is 40.7 Å². The van der Waals surface area contributed by atoms with Crippen molar-refractivity contribution < 1.29 is 14.4 Å². The van der Waals surface area contributed by atoms with Crippen LogP contribution in [0.1, 0.15) is 50.8 Å². The molecule has 1 fully saturated rings. The number of hydrogen-bond donors (Lipinski definition) is 2. The maximum absolute atomic E-state index is 14.3. The second kappa shape index (κ2) is 10.2. The van der Waals surface area contributed by atoms with Crippen LogP contribution in [0.2, 0.25) is 5.02 Å². The van der Waals surface area contributed by atoms with E-state index in [1.807, 2.05) is 43.5 Å². The van der Waals surface area contributed by atoms with Crippen LogP contribution < -0.4 is 11.1 Å². The lowest BCUT2D eigenvalue weighted by Crippen LogP contribution is -2.50. The van der Waals surface area contributed by atoms with Crippen LogP contribution >= 0.6 is 22.9 Å². The predicted molar refractivity (Wildman–Crippen MR) is 139 cm³/mol. The van der Waals surface area contributed by atoms with Crippen LogP contribution in [-0.4, -0.2) is 35.2 Å². The normalized spacial score (nSPS) is 21.7. The molecule has 4 rings (SSSR count). The highest BCUT2D eigenvalue weighted by Crippen LogP contribution is 2.53. The first-order chi connectivity index (χ1) is 16.8. The number of thiophene rings is 1. The minimum absolute atomic E-state index is 0.126. The highest BCUT2D eigenvalue weighted by Gasteiger charge is 2.57. The third-order valence-electron chi connectivity index (χ3n) is 6.65. The van der Waals surface area contributed by atoms with Crippen LogP contribution in [-0.2, 0) is 4.79 Å². The number of hydrogen-bond acceptors (Lipinski definition) is 4. The van der Waals surface area contributed by atoms with Crippen molar-refractivity contribution in [1.82, 2.24) is 10.2 Å². The summed E-state index contributed by atoms with van der Waals surface area (Å²) in [5, 5.41) is 5.29. The molecule has 0 aliphatic carbocycles. The quantitative estimate of drug-likeness (QED) is 0.445. The van der Waals surface area contributed by atoms with E-state index in [9.17, 15) is 14.4 Å². The molecule has 1 aromatic heterocycles. The molecule has 2 heterocycles. The molecule has 2 aromatic carbocycles. The number of Topliss-reactive ketones (excluding diaryl/α,β-unsaturated/α-hetero) is 1. The third kappa shape index (κ3) is 4.58. The zero-order valence-corrected chi connectivity index (χ0v) is 21.4. The number of nitrogens with one attached hydrogen (secondary N) is 1. The van der Waals surface area contributed by atoms with Gasteiger partial charge in [-0.3, -0.25) is 9.59 Å². The van der Waals surface area contributed by atoms with E-state index < -0.39 is 35.9 Å². The van der Waals surface area contributed by atoms with E-state index >= 15 is 0 Å². The Balaban J connectivity index is 2.00. The second-order valence-corrected chi connectivity index (χ2v) is 10.2. The van der Waals surface area contributed by atoms with Gasteiger partial charge in [-0.15, -0.1) is 11.3 Å². The molecule has 4 unspecified atom stereocenters. The first kappa shape index (κ1) is 24.9. The summed E-state index contributed by atoms with van der Waals surface area (Å²) >= 11 is 7.64. The number of halogens is 1. The Labute approximate surface area is 214 Å². The molecule has 6 nitrogen and oxygen atoms in total. The molecule has 1 aliphatic heterocycles. The molecule has 3 N–H and O–H groups in total. The summed E-state index contributed by atoms with van der Waals surface area (Å²) < 4.78 is 0. The zero-order valence-electron chi connectivity index (χ0n) is 19.8. The molecule has 3 amide bonds. The third-order valence-corrected chi connectivity index (χ3v) is 8.02. The molecule has 0 radical (unpaired) electrons. The zero-order chi connectivity index (χ0) is 25.3. The first-order valence-electron chi connectivity index (χ1n) is 11.5. The van der Waals surface area contributed by atoms with E-state index in [0.29, 0.717) is 17.1 Å². The van der Waals surface area contributed by atoms with Gasteiger partial charge in [0.05, 0.1) is 12.0 Å². The number of rotatable bonds is 6. The highest BCUT2D eigenvalue weighted by molar-refractivity contribution is 7.10. The summed E-state index contributed by atoms with van der Waals surface area (Å²) in [7, 11) is 0. The maximum atomic E-state index is 14.3. The number of aryl methyl sites for hydroxylation is 2.